The van der Waals surface area contributed by atoms with Crippen molar-refractivity contribution in [3.8, 4) is 11.5 Å². The summed E-state index contributed by atoms with van der Waals surface area (Å²) in [6.07, 6.45) is 0. The first-order valence-electron chi connectivity index (χ1n) is 7.75. The highest BCUT2D eigenvalue weighted by atomic mass is 32.1. The zero-order chi connectivity index (χ0) is 17.7. The number of aryl methyl sites for hydroxylation is 2. The number of benzene rings is 2. The average Bonchev–Trinajstić information content (AvgIpc) is 2.58. The molecule has 0 spiro atoms. The van der Waals surface area contributed by atoms with Crippen molar-refractivity contribution < 1.29 is 9.47 Å². The molecule has 0 aliphatic rings. The van der Waals surface area contributed by atoms with Crippen LogP contribution in [0.2, 0.25) is 0 Å². The number of anilines is 1. The highest BCUT2D eigenvalue weighted by Gasteiger charge is 2.11. The molecule has 2 rings (SSSR count). The van der Waals surface area contributed by atoms with Crippen LogP contribution in [0.4, 0.5) is 5.69 Å². The van der Waals surface area contributed by atoms with Crippen molar-refractivity contribution >= 4 is 23.0 Å². The lowest BCUT2D eigenvalue weighted by Crippen LogP contribution is -2.30. The third kappa shape index (κ3) is 4.38. The van der Waals surface area contributed by atoms with E-state index in [4.69, 9.17) is 21.7 Å². The van der Waals surface area contributed by atoms with E-state index in [-0.39, 0.29) is 0 Å². The molecule has 128 valence electrons. The van der Waals surface area contributed by atoms with Crippen LogP contribution in [0.5, 0.6) is 11.5 Å². The van der Waals surface area contributed by atoms with Crippen LogP contribution >= 0.6 is 12.2 Å². The topological polar surface area (TPSA) is 33.7 Å². The Hall–Kier alpha value is -2.27. The molecule has 4 nitrogen and oxygen atoms in total. The standard InChI is InChI=1S/C19H24N2O2S/c1-13-6-8-16(10-14(13)2)20-19(24)21(3)12-15-7-9-17(22-4)11-18(15)23-5/h6-11H,12H2,1-5H3,(H,20,24). The highest BCUT2D eigenvalue weighted by molar-refractivity contribution is 7.80. The summed E-state index contributed by atoms with van der Waals surface area (Å²) in [6, 6.07) is 12.0. The van der Waals surface area contributed by atoms with Crippen LogP contribution in [-0.4, -0.2) is 31.3 Å². The summed E-state index contributed by atoms with van der Waals surface area (Å²) in [7, 11) is 5.26. The third-order valence-corrected chi connectivity index (χ3v) is 4.42. The fourth-order valence-electron chi connectivity index (χ4n) is 2.35. The van der Waals surface area contributed by atoms with Crippen molar-refractivity contribution in [1.29, 1.82) is 0 Å². The number of nitrogens with zero attached hydrogens (tertiary/aromatic N) is 1. The van der Waals surface area contributed by atoms with Crippen LogP contribution in [0.1, 0.15) is 16.7 Å². The molecular weight excluding hydrogens is 320 g/mol. The lowest BCUT2D eigenvalue weighted by molar-refractivity contribution is 0.384. The van der Waals surface area contributed by atoms with Crippen LogP contribution in [0.25, 0.3) is 0 Å². The summed E-state index contributed by atoms with van der Waals surface area (Å²) < 4.78 is 10.7. The molecule has 5 heteroatoms. The van der Waals surface area contributed by atoms with E-state index in [1.54, 1.807) is 14.2 Å². The van der Waals surface area contributed by atoms with Crippen molar-refractivity contribution in [1.82, 2.24) is 4.90 Å². The van der Waals surface area contributed by atoms with Gasteiger partial charge in [0.05, 0.1) is 14.2 Å². The Bertz CT molecular complexity index is 731. The minimum absolute atomic E-state index is 0.643. The zero-order valence-corrected chi connectivity index (χ0v) is 15.7. The summed E-state index contributed by atoms with van der Waals surface area (Å²) in [5.74, 6) is 1.56. The Labute approximate surface area is 149 Å². The monoisotopic (exact) mass is 344 g/mol. The number of nitrogens with one attached hydrogen (secondary N) is 1. The Morgan fingerprint density at radius 1 is 1.04 bits per heavy atom. The van der Waals surface area contributed by atoms with Gasteiger partial charge in [0, 0.05) is 30.9 Å². The van der Waals surface area contributed by atoms with Crippen LogP contribution in [-0.2, 0) is 6.54 Å². The minimum atomic E-state index is 0.643. The zero-order valence-electron chi connectivity index (χ0n) is 14.8. The molecule has 0 aliphatic heterocycles. The first kappa shape index (κ1) is 18.1. The molecule has 0 aromatic heterocycles. The van der Waals surface area contributed by atoms with Crippen LogP contribution in [0, 0.1) is 13.8 Å². The number of methoxy groups -OCH3 is 2. The van der Waals surface area contributed by atoms with Crippen LogP contribution in [0.15, 0.2) is 36.4 Å². The van der Waals surface area contributed by atoms with Crippen molar-refractivity contribution in [2.24, 2.45) is 0 Å². The molecule has 1 N–H and O–H groups in total. The third-order valence-electron chi connectivity index (χ3n) is 4.01. The summed E-state index contributed by atoms with van der Waals surface area (Å²) >= 11 is 5.51. The quantitative estimate of drug-likeness (QED) is 0.824. The predicted octanol–water partition coefficient (Wildman–Crippen LogP) is 4.15. The lowest BCUT2D eigenvalue weighted by Gasteiger charge is -2.22. The summed E-state index contributed by atoms with van der Waals surface area (Å²) in [5.41, 5.74) is 4.55. The van der Waals surface area contributed by atoms with Gasteiger partial charge in [0.15, 0.2) is 5.11 Å². The fourth-order valence-corrected chi connectivity index (χ4v) is 2.53. The van der Waals surface area contributed by atoms with Gasteiger partial charge in [-0.25, -0.2) is 0 Å². The maximum atomic E-state index is 5.51. The van der Waals surface area contributed by atoms with E-state index in [1.807, 2.05) is 36.2 Å². The van der Waals surface area contributed by atoms with E-state index in [9.17, 15) is 0 Å². The fraction of sp³-hybridized carbons (Fsp3) is 0.316. The van der Waals surface area contributed by atoms with Gasteiger partial charge in [-0.2, -0.15) is 0 Å². The number of rotatable bonds is 5. The lowest BCUT2D eigenvalue weighted by atomic mass is 10.1. The molecule has 0 saturated carbocycles. The molecule has 0 bridgehead atoms. The van der Waals surface area contributed by atoms with Crippen LogP contribution in [0.3, 0.4) is 0 Å². The van der Waals surface area contributed by atoms with Crippen molar-refractivity contribution in [2.45, 2.75) is 20.4 Å². The molecule has 0 radical (unpaired) electrons. The first-order chi connectivity index (χ1) is 11.4. The Kier molecular flexibility index (Phi) is 6.04. The Morgan fingerprint density at radius 2 is 1.79 bits per heavy atom. The molecule has 0 heterocycles. The van der Waals surface area contributed by atoms with Gasteiger partial charge in [-0.15, -0.1) is 0 Å². The SMILES string of the molecule is COc1ccc(CN(C)C(=S)Nc2ccc(C)c(C)c2)c(OC)c1. The first-order valence-corrected chi connectivity index (χ1v) is 8.15. The molecule has 0 fully saturated rings. The van der Waals surface area contributed by atoms with Gasteiger partial charge in [0.2, 0.25) is 0 Å². The molecule has 2 aromatic rings. The second kappa shape index (κ2) is 8.02. The van der Waals surface area contributed by atoms with Gasteiger partial charge >= 0.3 is 0 Å². The summed E-state index contributed by atoms with van der Waals surface area (Å²) in [6.45, 7) is 4.83. The molecule has 0 unspecified atom stereocenters. The maximum absolute atomic E-state index is 5.51. The van der Waals surface area contributed by atoms with E-state index >= 15 is 0 Å². The van der Waals surface area contributed by atoms with Gasteiger partial charge in [-0.05, 0) is 61.5 Å². The van der Waals surface area contributed by atoms with Crippen LogP contribution < -0.4 is 14.8 Å². The molecular formula is C19H24N2O2S. The summed E-state index contributed by atoms with van der Waals surface area (Å²) in [5, 5.41) is 3.94. The number of thiocarbonyl (C=S) groups is 1. The van der Waals surface area contributed by atoms with Crippen molar-refractivity contribution in [2.75, 3.05) is 26.6 Å². The van der Waals surface area contributed by atoms with Gasteiger partial charge in [0.25, 0.3) is 0 Å². The number of ether oxygens (including phenoxy) is 2. The number of hydrogen-bond acceptors (Lipinski definition) is 3. The van der Waals surface area contributed by atoms with E-state index < -0.39 is 0 Å². The smallest absolute Gasteiger partial charge is 0.173 e. The van der Waals surface area contributed by atoms with Crippen molar-refractivity contribution in [3.05, 3.63) is 53.1 Å². The van der Waals surface area contributed by atoms with Gasteiger partial charge in [-0.1, -0.05) is 6.07 Å². The molecule has 24 heavy (non-hydrogen) atoms. The summed E-state index contributed by atoms with van der Waals surface area (Å²) in [4.78, 5) is 1.98. The second-order valence-corrected chi connectivity index (χ2v) is 6.15. The molecule has 0 saturated heterocycles. The van der Waals surface area contributed by atoms with E-state index in [0.717, 1.165) is 22.7 Å². The molecule has 2 aromatic carbocycles. The largest absolute Gasteiger partial charge is 0.497 e. The molecule has 0 aliphatic carbocycles. The molecule has 0 atom stereocenters. The highest BCUT2D eigenvalue weighted by Crippen LogP contribution is 2.25. The maximum Gasteiger partial charge on any atom is 0.173 e. The normalized spacial score (nSPS) is 10.2. The van der Waals surface area contributed by atoms with Gasteiger partial charge in [-0.3, -0.25) is 0 Å². The Balaban J connectivity index is 2.07. The average molecular weight is 344 g/mol. The Morgan fingerprint density at radius 3 is 2.42 bits per heavy atom. The van der Waals surface area contributed by atoms with Gasteiger partial charge in [0.1, 0.15) is 11.5 Å². The second-order valence-electron chi connectivity index (χ2n) is 5.76. The van der Waals surface area contributed by atoms with E-state index in [0.29, 0.717) is 11.7 Å². The van der Waals surface area contributed by atoms with Gasteiger partial charge < -0.3 is 19.7 Å². The van der Waals surface area contributed by atoms with E-state index in [1.165, 1.54) is 11.1 Å². The molecule has 0 amide bonds. The predicted molar refractivity (Wildman–Crippen MR) is 103 cm³/mol. The minimum Gasteiger partial charge on any atom is -0.497 e. The number of hydrogen-bond donors (Lipinski definition) is 1. The van der Waals surface area contributed by atoms with E-state index in [2.05, 4.69) is 31.3 Å². The van der Waals surface area contributed by atoms with Crippen molar-refractivity contribution in [3.63, 3.8) is 0 Å².